The first kappa shape index (κ1) is 31.2. The molecular formula is C27H31ClF3N7O4S. The number of amides is 1. The quantitative estimate of drug-likeness (QED) is 0.382. The van der Waals surface area contributed by atoms with E-state index in [-0.39, 0.29) is 37.3 Å². The Labute approximate surface area is 251 Å². The summed E-state index contributed by atoms with van der Waals surface area (Å²) in [4.78, 5) is 20.5. The number of hydrogen-bond acceptors (Lipinski definition) is 8. The van der Waals surface area contributed by atoms with Gasteiger partial charge in [-0.05, 0) is 24.3 Å². The number of nitrogens with zero attached hydrogens (tertiary/aromatic N) is 6. The predicted octanol–water partition coefficient (Wildman–Crippen LogP) is 2.22. The number of primary amides is 1. The van der Waals surface area contributed by atoms with Gasteiger partial charge in [0.15, 0.2) is 0 Å². The molecule has 1 amide bonds. The van der Waals surface area contributed by atoms with Crippen LogP contribution in [0.2, 0.25) is 5.02 Å². The lowest BCUT2D eigenvalue weighted by Crippen LogP contribution is -2.49. The average molecular weight is 642 g/mol. The van der Waals surface area contributed by atoms with Gasteiger partial charge in [-0.2, -0.15) is 22.6 Å². The van der Waals surface area contributed by atoms with E-state index < -0.39 is 39.3 Å². The number of aliphatic hydroxyl groups excluding tert-OH is 1. The number of rotatable bonds is 8. The minimum atomic E-state index is -4.80. The van der Waals surface area contributed by atoms with Crippen molar-refractivity contribution in [2.24, 2.45) is 5.73 Å². The number of fused-ring (bicyclic) bond motifs is 1. The molecule has 1 fully saturated rings. The van der Waals surface area contributed by atoms with Gasteiger partial charge in [-0.3, -0.25) is 14.4 Å². The number of alkyl halides is 3. The van der Waals surface area contributed by atoms with E-state index in [0.717, 1.165) is 18.4 Å². The predicted molar refractivity (Wildman–Crippen MR) is 154 cm³/mol. The van der Waals surface area contributed by atoms with Gasteiger partial charge in [0.05, 0.1) is 40.7 Å². The third-order valence-corrected chi connectivity index (χ3v) is 9.24. The average Bonchev–Trinajstić information content (AvgIpc) is 3.30. The molecule has 2 aromatic heterocycles. The fraction of sp³-hybridized carbons (Fsp3) is 0.444. The van der Waals surface area contributed by atoms with E-state index in [1.54, 1.807) is 23.0 Å². The topological polar surface area (TPSA) is 138 Å². The third kappa shape index (κ3) is 6.80. The Kier molecular flexibility index (Phi) is 8.73. The first-order valence-electron chi connectivity index (χ1n) is 13.5. The van der Waals surface area contributed by atoms with Crippen molar-refractivity contribution >= 4 is 33.3 Å². The van der Waals surface area contributed by atoms with Crippen LogP contribution in [-0.4, -0.2) is 95.0 Å². The Morgan fingerprint density at radius 3 is 2.49 bits per heavy atom. The fourth-order valence-electron chi connectivity index (χ4n) is 5.58. The molecule has 0 saturated carbocycles. The van der Waals surface area contributed by atoms with E-state index in [0.29, 0.717) is 54.8 Å². The number of sulfonamides is 1. The molecule has 0 radical (unpaired) electrons. The highest BCUT2D eigenvalue weighted by Gasteiger charge is 2.36. The maximum Gasteiger partial charge on any atom is 0.417 e. The lowest BCUT2D eigenvalue weighted by Gasteiger charge is -2.36. The van der Waals surface area contributed by atoms with E-state index in [2.05, 4.69) is 19.9 Å². The van der Waals surface area contributed by atoms with Crippen molar-refractivity contribution in [2.75, 3.05) is 50.4 Å². The molecule has 0 spiro atoms. The highest BCUT2D eigenvalue weighted by atomic mass is 35.5. The number of carbonyl (C=O) groups excluding carboxylic acids is 1. The van der Waals surface area contributed by atoms with Crippen LogP contribution in [0.3, 0.4) is 0 Å². The van der Waals surface area contributed by atoms with Crippen molar-refractivity contribution in [3.8, 4) is 11.3 Å². The van der Waals surface area contributed by atoms with Crippen LogP contribution in [0.4, 0.5) is 19.0 Å². The van der Waals surface area contributed by atoms with Gasteiger partial charge in [0.1, 0.15) is 5.82 Å². The lowest BCUT2D eigenvalue weighted by molar-refractivity contribution is -0.137. The van der Waals surface area contributed by atoms with Gasteiger partial charge in [0, 0.05) is 75.3 Å². The van der Waals surface area contributed by atoms with Crippen molar-refractivity contribution in [3.63, 3.8) is 0 Å². The molecule has 1 atom stereocenters. The number of nitrogens with two attached hydrogens (primary N) is 1. The monoisotopic (exact) mass is 641 g/mol. The minimum absolute atomic E-state index is 0.0510. The number of piperazine rings is 1. The zero-order valence-corrected chi connectivity index (χ0v) is 24.8. The van der Waals surface area contributed by atoms with E-state index in [4.69, 9.17) is 17.3 Å². The van der Waals surface area contributed by atoms with Crippen LogP contribution >= 0.6 is 11.6 Å². The molecule has 2 aliphatic rings. The second-order valence-corrected chi connectivity index (χ2v) is 13.1. The molecule has 232 valence electrons. The van der Waals surface area contributed by atoms with Crippen LogP contribution in [0.15, 0.2) is 36.5 Å². The van der Waals surface area contributed by atoms with Crippen LogP contribution in [0.5, 0.6) is 0 Å². The van der Waals surface area contributed by atoms with Crippen LogP contribution in [-0.2, 0) is 35.7 Å². The molecule has 3 aromatic rings. The highest BCUT2D eigenvalue weighted by molar-refractivity contribution is 7.88. The van der Waals surface area contributed by atoms with Crippen LogP contribution < -0.4 is 10.6 Å². The molecule has 0 bridgehead atoms. The molecule has 2 aliphatic heterocycles. The molecule has 11 nitrogen and oxygen atoms in total. The Morgan fingerprint density at radius 1 is 1.14 bits per heavy atom. The highest BCUT2D eigenvalue weighted by Crippen LogP contribution is 2.36. The first-order valence-corrected chi connectivity index (χ1v) is 15.8. The summed E-state index contributed by atoms with van der Waals surface area (Å²) in [5, 5.41) is 16.2. The van der Waals surface area contributed by atoms with Gasteiger partial charge >= 0.3 is 6.18 Å². The van der Waals surface area contributed by atoms with Crippen molar-refractivity contribution in [1.29, 1.82) is 0 Å². The lowest BCUT2D eigenvalue weighted by atomic mass is 9.97. The summed E-state index contributed by atoms with van der Waals surface area (Å²) in [5.41, 5.74) is 4.98. The number of carbonyl (C=O) groups is 1. The molecule has 16 heteroatoms. The smallest absolute Gasteiger partial charge is 0.390 e. The van der Waals surface area contributed by atoms with Crippen molar-refractivity contribution < 1.29 is 31.5 Å². The molecule has 1 unspecified atom stereocenters. The van der Waals surface area contributed by atoms with Gasteiger partial charge in [0.25, 0.3) is 0 Å². The molecule has 1 aromatic carbocycles. The number of aromatic nitrogens is 3. The summed E-state index contributed by atoms with van der Waals surface area (Å²) in [5.74, 6) is -0.535. The molecule has 1 saturated heterocycles. The Morgan fingerprint density at radius 2 is 1.86 bits per heavy atom. The first-order chi connectivity index (χ1) is 20.2. The zero-order valence-electron chi connectivity index (χ0n) is 23.3. The normalized spacial score (nSPS) is 17.6. The Hall–Kier alpha value is -3.24. The zero-order chi connectivity index (χ0) is 31.1. The number of halogens is 4. The summed E-state index contributed by atoms with van der Waals surface area (Å²) in [6.07, 6.45) is -2.59. The van der Waals surface area contributed by atoms with E-state index >= 15 is 0 Å². The second-order valence-electron chi connectivity index (χ2n) is 10.7. The van der Waals surface area contributed by atoms with Gasteiger partial charge in [-0.25, -0.2) is 13.4 Å². The number of anilines is 1. The maximum absolute atomic E-state index is 13.5. The minimum Gasteiger partial charge on any atom is -0.390 e. The van der Waals surface area contributed by atoms with Crippen molar-refractivity contribution in [2.45, 2.75) is 31.8 Å². The number of benzene rings is 1. The summed E-state index contributed by atoms with van der Waals surface area (Å²) in [7, 11) is -3.57. The van der Waals surface area contributed by atoms with Gasteiger partial charge < -0.3 is 15.7 Å². The van der Waals surface area contributed by atoms with Crippen molar-refractivity contribution in [1.82, 2.24) is 24.0 Å². The standard InChI is InChI=1S/C27H31ClF3N7O4S/c1-43(41,42)37-8-6-23-20(16-37)24(17-4-5-21(27(29,30)31)19(13-17)25(32)40)34-38(23)15-18(39)14-35-9-11-36(12-10-35)26-22(28)3-2-7-33-26/h2-5,7,13,18,39H,6,8-12,14-16H2,1H3,(H2,32,40). The van der Waals surface area contributed by atoms with Crippen molar-refractivity contribution in [3.05, 3.63) is 63.9 Å². The van der Waals surface area contributed by atoms with Crippen LogP contribution in [0.1, 0.15) is 27.2 Å². The molecule has 5 rings (SSSR count). The SMILES string of the molecule is CS(=O)(=O)N1CCc2c(c(-c3ccc(C(F)(F)F)c(C(N)=O)c3)nn2CC(O)CN2CCN(c3ncccc3Cl)CC2)C1. The largest absolute Gasteiger partial charge is 0.417 e. The second kappa shape index (κ2) is 12.0. The summed E-state index contributed by atoms with van der Waals surface area (Å²) >= 11 is 6.28. The van der Waals surface area contributed by atoms with Gasteiger partial charge in [-0.15, -0.1) is 0 Å². The van der Waals surface area contributed by atoms with Gasteiger partial charge in [-0.1, -0.05) is 17.7 Å². The molecular weight excluding hydrogens is 611 g/mol. The van der Waals surface area contributed by atoms with E-state index in [1.807, 2.05) is 0 Å². The van der Waals surface area contributed by atoms with Crippen LogP contribution in [0.25, 0.3) is 11.3 Å². The molecule has 43 heavy (non-hydrogen) atoms. The molecule has 4 heterocycles. The number of aliphatic hydroxyl groups is 1. The Bertz CT molecular complexity index is 1620. The summed E-state index contributed by atoms with van der Waals surface area (Å²) < 4.78 is 68.1. The van der Waals surface area contributed by atoms with Crippen LogP contribution in [0, 0.1) is 0 Å². The molecule has 0 aliphatic carbocycles. The van der Waals surface area contributed by atoms with E-state index in [9.17, 15) is 31.5 Å². The number of pyridine rings is 1. The molecule has 3 N–H and O–H groups in total. The summed E-state index contributed by atoms with van der Waals surface area (Å²) in [6.45, 7) is 3.22. The van der Waals surface area contributed by atoms with Gasteiger partial charge in [0.2, 0.25) is 15.9 Å². The Balaban J connectivity index is 1.38. The number of β-amino-alcohol motifs (C(OH)–C–C–N with tert-alkyl or cyclic N) is 1. The number of hydrogen-bond donors (Lipinski definition) is 2. The maximum atomic E-state index is 13.5. The van der Waals surface area contributed by atoms with E-state index in [1.165, 1.54) is 10.4 Å². The third-order valence-electron chi connectivity index (χ3n) is 7.70. The summed E-state index contributed by atoms with van der Waals surface area (Å²) in [6, 6.07) is 6.54. The fourth-order valence-corrected chi connectivity index (χ4v) is 6.61.